The second kappa shape index (κ2) is 2.05. The van der Waals surface area contributed by atoms with Crippen LogP contribution in [0.1, 0.15) is 11.1 Å². The molecule has 2 aromatic heterocycles. The van der Waals surface area contributed by atoms with Gasteiger partial charge in [0.2, 0.25) is 0 Å². The van der Waals surface area contributed by atoms with Crippen LogP contribution in [0.4, 0.5) is 0 Å². The number of fused-ring (bicyclic) bond motifs is 1. The van der Waals surface area contributed by atoms with Crippen LogP contribution < -0.4 is 0 Å². The van der Waals surface area contributed by atoms with E-state index < -0.39 is 0 Å². The van der Waals surface area contributed by atoms with Crippen LogP contribution in [0.5, 0.6) is 0 Å². The summed E-state index contributed by atoms with van der Waals surface area (Å²) < 4.78 is 0. The van der Waals surface area contributed by atoms with Crippen molar-refractivity contribution in [2.75, 3.05) is 0 Å². The van der Waals surface area contributed by atoms with Gasteiger partial charge in [-0.25, -0.2) is 4.98 Å². The van der Waals surface area contributed by atoms with E-state index in [4.69, 9.17) is 0 Å². The van der Waals surface area contributed by atoms with Crippen molar-refractivity contribution in [3.63, 3.8) is 0 Å². The Kier molecular flexibility index (Phi) is 1.18. The quantitative estimate of drug-likeness (QED) is 0.614. The van der Waals surface area contributed by atoms with E-state index in [1.54, 1.807) is 0 Å². The average molecular weight is 147 g/mol. The maximum absolute atomic E-state index is 4.18. The third kappa shape index (κ3) is 0.808. The van der Waals surface area contributed by atoms with Crippen molar-refractivity contribution in [1.82, 2.24) is 15.2 Å². The van der Waals surface area contributed by atoms with Crippen LogP contribution in [0.3, 0.4) is 0 Å². The molecule has 0 atom stereocenters. The molecule has 0 aliphatic rings. The van der Waals surface area contributed by atoms with Gasteiger partial charge in [-0.1, -0.05) is 0 Å². The molecule has 0 spiro atoms. The van der Waals surface area contributed by atoms with E-state index in [2.05, 4.69) is 29.0 Å². The number of nitrogens with zero attached hydrogens (tertiary/aromatic N) is 2. The molecular formula is C8H9N3. The van der Waals surface area contributed by atoms with Gasteiger partial charge in [0.1, 0.15) is 0 Å². The molecule has 11 heavy (non-hydrogen) atoms. The standard InChI is InChI=1S/C8H9N3/c1-5-3-9-8-7(6(5)2)4-10-11-8/h3-4H,1-2H3,(H,9,10,11). The molecule has 0 saturated heterocycles. The molecular weight excluding hydrogens is 138 g/mol. The Balaban J connectivity index is 2.93. The van der Waals surface area contributed by atoms with Gasteiger partial charge in [-0.3, -0.25) is 5.10 Å². The van der Waals surface area contributed by atoms with Crippen molar-refractivity contribution >= 4 is 11.0 Å². The Labute approximate surface area is 64.5 Å². The van der Waals surface area contributed by atoms with E-state index in [1.165, 1.54) is 11.1 Å². The smallest absolute Gasteiger partial charge is 0.155 e. The Morgan fingerprint density at radius 1 is 1.27 bits per heavy atom. The topological polar surface area (TPSA) is 41.6 Å². The van der Waals surface area contributed by atoms with Crippen LogP contribution in [-0.2, 0) is 0 Å². The average Bonchev–Trinajstić information content (AvgIpc) is 2.45. The summed E-state index contributed by atoms with van der Waals surface area (Å²) in [5.41, 5.74) is 3.33. The predicted molar refractivity (Wildman–Crippen MR) is 43.4 cm³/mol. The molecule has 0 aliphatic carbocycles. The largest absolute Gasteiger partial charge is 0.261 e. The lowest BCUT2D eigenvalue weighted by Gasteiger charge is -1.97. The van der Waals surface area contributed by atoms with Crippen LogP contribution in [0.25, 0.3) is 11.0 Å². The van der Waals surface area contributed by atoms with Gasteiger partial charge < -0.3 is 0 Å². The molecule has 0 aliphatic heterocycles. The Hall–Kier alpha value is -1.38. The van der Waals surface area contributed by atoms with Crippen molar-refractivity contribution in [3.8, 4) is 0 Å². The predicted octanol–water partition coefficient (Wildman–Crippen LogP) is 1.57. The van der Waals surface area contributed by atoms with E-state index >= 15 is 0 Å². The first-order valence-corrected chi connectivity index (χ1v) is 3.54. The molecule has 0 radical (unpaired) electrons. The van der Waals surface area contributed by atoms with Gasteiger partial charge in [0, 0.05) is 11.6 Å². The number of rotatable bonds is 0. The fourth-order valence-electron chi connectivity index (χ4n) is 1.12. The molecule has 56 valence electrons. The van der Waals surface area contributed by atoms with E-state index in [0.29, 0.717) is 0 Å². The first kappa shape index (κ1) is 6.34. The number of hydrogen-bond acceptors (Lipinski definition) is 2. The van der Waals surface area contributed by atoms with Crippen molar-refractivity contribution in [2.24, 2.45) is 0 Å². The highest BCUT2D eigenvalue weighted by molar-refractivity contribution is 5.78. The Morgan fingerprint density at radius 2 is 2.09 bits per heavy atom. The zero-order chi connectivity index (χ0) is 7.84. The van der Waals surface area contributed by atoms with Gasteiger partial charge in [-0.2, -0.15) is 5.10 Å². The summed E-state index contributed by atoms with van der Waals surface area (Å²) in [5, 5.41) is 7.86. The molecule has 1 N–H and O–H groups in total. The summed E-state index contributed by atoms with van der Waals surface area (Å²) in [6.07, 6.45) is 3.67. The summed E-state index contributed by atoms with van der Waals surface area (Å²) in [6.45, 7) is 4.13. The first-order chi connectivity index (χ1) is 5.29. The first-order valence-electron chi connectivity index (χ1n) is 3.54. The zero-order valence-corrected chi connectivity index (χ0v) is 6.55. The molecule has 0 fully saturated rings. The lowest BCUT2D eigenvalue weighted by atomic mass is 10.1. The highest BCUT2D eigenvalue weighted by Crippen LogP contribution is 2.15. The number of H-pyrrole nitrogens is 1. The minimum atomic E-state index is 0.869. The monoisotopic (exact) mass is 147 g/mol. The maximum Gasteiger partial charge on any atom is 0.155 e. The van der Waals surface area contributed by atoms with Gasteiger partial charge in [-0.05, 0) is 25.0 Å². The molecule has 0 aromatic carbocycles. The number of aryl methyl sites for hydroxylation is 2. The van der Waals surface area contributed by atoms with E-state index in [1.807, 2.05) is 12.4 Å². The van der Waals surface area contributed by atoms with Crippen LogP contribution in [0.2, 0.25) is 0 Å². The van der Waals surface area contributed by atoms with Crippen LogP contribution in [0, 0.1) is 13.8 Å². The molecule has 3 nitrogen and oxygen atoms in total. The van der Waals surface area contributed by atoms with Crippen LogP contribution in [-0.4, -0.2) is 15.2 Å². The molecule has 0 bridgehead atoms. The number of aromatic nitrogens is 3. The van der Waals surface area contributed by atoms with Gasteiger partial charge in [0.25, 0.3) is 0 Å². The van der Waals surface area contributed by atoms with E-state index in [-0.39, 0.29) is 0 Å². The SMILES string of the molecule is Cc1cnc2[nH]ncc2c1C. The molecule has 2 heterocycles. The summed E-state index contributed by atoms with van der Waals surface area (Å²) in [4.78, 5) is 4.18. The Bertz CT molecular complexity index is 389. The molecule has 3 heteroatoms. The molecule has 0 saturated carbocycles. The zero-order valence-electron chi connectivity index (χ0n) is 6.55. The highest BCUT2D eigenvalue weighted by Gasteiger charge is 2.01. The summed E-state index contributed by atoms with van der Waals surface area (Å²) in [7, 11) is 0. The number of pyridine rings is 1. The lowest BCUT2D eigenvalue weighted by Crippen LogP contribution is -1.84. The number of hydrogen-bond donors (Lipinski definition) is 1. The van der Waals surface area contributed by atoms with Gasteiger partial charge in [0.15, 0.2) is 5.65 Å². The highest BCUT2D eigenvalue weighted by atomic mass is 15.1. The van der Waals surface area contributed by atoms with Crippen molar-refractivity contribution in [2.45, 2.75) is 13.8 Å². The molecule has 2 rings (SSSR count). The fourth-order valence-corrected chi connectivity index (χ4v) is 1.12. The van der Waals surface area contributed by atoms with E-state index in [0.717, 1.165) is 11.0 Å². The normalized spacial score (nSPS) is 10.7. The van der Waals surface area contributed by atoms with Gasteiger partial charge in [-0.15, -0.1) is 0 Å². The molecule has 0 unspecified atom stereocenters. The lowest BCUT2D eigenvalue weighted by molar-refractivity contribution is 1.09. The second-order valence-electron chi connectivity index (χ2n) is 2.70. The fraction of sp³-hybridized carbons (Fsp3) is 0.250. The van der Waals surface area contributed by atoms with Crippen molar-refractivity contribution < 1.29 is 0 Å². The Morgan fingerprint density at radius 3 is 2.91 bits per heavy atom. The van der Waals surface area contributed by atoms with Gasteiger partial charge in [0.05, 0.1) is 6.20 Å². The maximum atomic E-state index is 4.18. The minimum absolute atomic E-state index is 0.869. The summed E-state index contributed by atoms with van der Waals surface area (Å²) >= 11 is 0. The third-order valence-corrected chi connectivity index (χ3v) is 2.00. The second-order valence-corrected chi connectivity index (χ2v) is 2.70. The summed E-state index contributed by atoms with van der Waals surface area (Å²) in [5.74, 6) is 0. The molecule has 2 aromatic rings. The number of nitrogens with one attached hydrogen (secondary N) is 1. The minimum Gasteiger partial charge on any atom is -0.261 e. The van der Waals surface area contributed by atoms with E-state index in [9.17, 15) is 0 Å². The summed E-state index contributed by atoms with van der Waals surface area (Å²) in [6, 6.07) is 0. The number of aromatic amines is 1. The van der Waals surface area contributed by atoms with Gasteiger partial charge >= 0.3 is 0 Å². The van der Waals surface area contributed by atoms with Crippen molar-refractivity contribution in [3.05, 3.63) is 23.5 Å². The van der Waals surface area contributed by atoms with Crippen LogP contribution in [0.15, 0.2) is 12.4 Å². The van der Waals surface area contributed by atoms with Crippen LogP contribution >= 0.6 is 0 Å². The third-order valence-electron chi connectivity index (χ3n) is 2.00. The molecule has 0 amide bonds. The van der Waals surface area contributed by atoms with Crippen molar-refractivity contribution in [1.29, 1.82) is 0 Å².